The van der Waals surface area contributed by atoms with Crippen LogP contribution in [-0.2, 0) is 46.2 Å². The predicted octanol–water partition coefficient (Wildman–Crippen LogP) is 5.23. The van der Waals surface area contributed by atoms with Crippen LogP contribution in [0.1, 0.15) is 22.3 Å². The van der Waals surface area contributed by atoms with Gasteiger partial charge in [0.1, 0.15) is 27.0 Å². The Bertz CT molecular complexity index is 2620. The number of amides is 1. The van der Waals surface area contributed by atoms with Crippen LogP contribution in [0.15, 0.2) is 125 Å². The van der Waals surface area contributed by atoms with Gasteiger partial charge in [0.05, 0.1) is 46.1 Å². The van der Waals surface area contributed by atoms with Crippen LogP contribution >= 0.6 is 22.6 Å². The normalized spacial score (nSPS) is 12.2. The average molecular weight is 998 g/mol. The van der Waals surface area contributed by atoms with Crippen molar-refractivity contribution >= 4 is 48.7 Å². The van der Waals surface area contributed by atoms with E-state index < -0.39 is 55.1 Å². The Morgan fingerprint density at radius 3 is 1.76 bits per heavy atom. The second-order valence-electron chi connectivity index (χ2n) is 13.9. The van der Waals surface area contributed by atoms with Crippen molar-refractivity contribution in [3.05, 3.63) is 141 Å². The molecular formula is C42H44IN7O10S2. The number of aliphatic hydroxyl groups excluding tert-OH is 1. The van der Waals surface area contributed by atoms with E-state index in [0.29, 0.717) is 33.9 Å². The van der Waals surface area contributed by atoms with Crippen LogP contribution in [0.3, 0.4) is 0 Å². The number of hydrogen-bond donors (Lipinski definition) is 3. The number of carbonyl (C=O) groups is 1. The highest BCUT2D eigenvalue weighted by atomic mass is 127. The molecule has 0 saturated carbocycles. The van der Waals surface area contributed by atoms with E-state index in [1.54, 1.807) is 110 Å². The lowest BCUT2D eigenvalue weighted by molar-refractivity contribution is 0.130. The van der Waals surface area contributed by atoms with Gasteiger partial charge in [-0.05, 0) is 98.6 Å². The SMILES string of the molecule is COc1ccc(CN(Cc2ccc(OC)cc2)S(=O)(=O)c2c(S(=O)(=O)N[C@H](CO)CN(Cc3ccccc3)C(=O)O)ccc(I)c2-c2nnn(Cc3ccc(OC)cc3)n2)cc1. The summed E-state index contributed by atoms with van der Waals surface area (Å²) >= 11 is 1.90. The summed E-state index contributed by atoms with van der Waals surface area (Å²) < 4.78 is 80.1. The molecule has 20 heteroatoms. The number of aromatic nitrogens is 4. The fourth-order valence-corrected chi connectivity index (χ4v) is 10.9. The summed E-state index contributed by atoms with van der Waals surface area (Å²) in [6.07, 6.45) is -1.36. The number of rotatable bonds is 20. The number of nitrogens with zero attached hydrogens (tertiary/aromatic N) is 6. The maximum Gasteiger partial charge on any atom is 0.407 e. The first kappa shape index (κ1) is 45.9. The first-order chi connectivity index (χ1) is 29.7. The summed E-state index contributed by atoms with van der Waals surface area (Å²) in [4.78, 5) is 13.2. The lowest BCUT2D eigenvalue weighted by Crippen LogP contribution is -2.47. The molecule has 326 valence electrons. The first-order valence-electron chi connectivity index (χ1n) is 18.9. The van der Waals surface area contributed by atoms with Crippen molar-refractivity contribution in [2.24, 2.45) is 0 Å². The van der Waals surface area contributed by atoms with Gasteiger partial charge < -0.3 is 29.3 Å². The van der Waals surface area contributed by atoms with E-state index >= 15 is 8.42 Å². The van der Waals surface area contributed by atoms with Gasteiger partial charge in [-0.2, -0.15) is 9.10 Å². The monoisotopic (exact) mass is 997 g/mol. The minimum Gasteiger partial charge on any atom is -0.497 e. The third-order valence-corrected chi connectivity index (χ3v) is 14.1. The van der Waals surface area contributed by atoms with Gasteiger partial charge in [-0.3, -0.25) is 0 Å². The zero-order valence-electron chi connectivity index (χ0n) is 33.8. The standard InChI is InChI=1S/C42H44IN7O10S2/c1-58-34-15-9-30(10-16-34)24-49(25-31-11-17-35(59-2)18-12-31)62(56,57)40-38(61(54,55)46-33(28-51)27-48(42(52)53)23-29-7-5-4-6-8-29)22-21-37(43)39(40)41-44-47-50(45-41)26-32-13-19-36(60-3)20-14-32/h4-22,33,46,51H,23-28H2,1-3H3,(H,52,53)/t33-/m0/s1. The molecule has 62 heavy (non-hydrogen) atoms. The highest BCUT2D eigenvalue weighted by Crippen LogP contribution is 2.38. The van der Waals surface area contributed by atoms with Gasteiger partial charge in [0.15, 0.2) is 0 Å². The minimum absolute atomic E-state index is 0.106. The van der Waals surface area contributed by atoms with Crippen LogP contribution in [0.5, 0.6) is 17.2 Å². The molecule has 0 spiro atoms. The van der Waals surface area contributed by atoms with E-state index in [1.807, 2.05) is 22.6 Å². The van der Waals surface area contributed by atoms with Crippen LogP contribution < -0.4 is 18.9 Å². The van der Waals surface area contributed by atoms with Crippen molar-refractivity contribution in [2.45, 2.75) is 42.0 Å². The lowest BCUT2D eigenvalue weighted by Gasteiger charge is -2.27. The van der Waals surface area contributed by atoms with Crippen molar-refractivity contribution in [2.75, 3.05) is 34.5 Å². The Hall–Kier alpha value is -5.65. The molecule has 0 unspecified atom stereocenters. The maximum atomic E-state index is 15.5. The van der Waals surface area contributed by atoms with Crippen molar-refractivity contribution < 1.29 is 46.1 Å². The second-order valence-corrected chi connectivity index (χ2v) is 18.6. The third kappa shape index (κ3) is 11.2. The number of benzene rings is 5. The molecule has 0 aliphatic rings. The van der Waals surface area contributed by atoms with Crippen molar-refractivity contribution in [1.82, 2.24) is 34.1 Å². The molecule has 0 aliphatic carbocycles. The maximum absolute atomic E-state index is 15.5. The van der Waals surface area contributed by atoms with E-state index in [2.05, 4.69) is 20.1 Å². The number of tetrazole rings is 1. The van der Waals surface area contributed by atoms with E-state index in [-0.39, 0.29) is 41.1 Å². The smallest absolute Gasteiger partial charge is 0.407 e. The van der Waals surface area contributed by atoms with Crippen LogP contribution in [0, 0.1) is 3.57 Å². The van der Waals surface area contributed by atoms with Gasteiger partial charge in [0.25, 0.3) is 0 Å². The number of methoxy groups -OCH3 is 3. The largest absolute Gasteiger partial charge is 0.497 e. The zero-order chi connectivity index (χ0) is 44.4. The molecule has 6 aromatic rings. The molecule has 0 aliphatic heterocycles. The van der Waals surface area contributed by atoms with Crippen molar-refractivity contribution in [3.63, 3.8) is 0 Å². The molecule has 1 aromatic heterocycles. The van der Waals surface area contributed by atoms with Gasteiger partial charge >= 0.3 is 6.09 Å². The van der Waals surface area contributed by atoms with Gasteiger partial charge in [-0.25, -0.2) is 26.4 Å². The number of ether oxygens (including phenoxy) is 3. The second kappa shape index (κ2) is 20.5. The van der Waals surface area contributed by atoms with Gasteiger partial charge in [-0.15, -0.1) is 10.2 Å². The fourth-order valence-electron chi connectivity index (χ4n) is 6.44. The Kier molecular flexibility index (Phi) is 15.2. The number of aliphatic hydroxyl groups is 1. The Morgan fingerprint density at radius 2 is 1.26 bits per heavy atom. The number of carboxylic acid groups (broad SMARTS) is 1. The van der Waals surface area contributed by atoms with Crippen LogP contribution in [-0.4, -0.2) is 103 Å². The molecule has 1 amide bonds. The molecule has 1 heterocycles. The Morgan fingerprint density at radius 1 is 0.742 bits per heavy atom. The summed E-state index contributed by atoms with van der Waals surface area (Å²) in [5.74, 6) is 1.56. The van der Waals surface area contributed by atoms with Crippen LogP contribution in [0.4, 0.5) is 4.79 Å². The molecule has 0 fully saturated rings. The Balaban J connectivity index is 1.48. The number of hydrogen-bond acceptors (Lipinski definition) is 12. The average Bonchev–Trinajstić information content (AvgIpc) is 3.74. The van der Waals surface area contributed by atoms with Gasteiger partial charge in [0.2, 0.25) is 25.9 Å². The van der Waals surface area contributed by atoms with Crippen LogP contribution in [0.25, 0.3) is 11.4 Å². The minimum atomic E-state index is -4.89. The number of halogens is 1. The van der Waals surface area contributed by atoms with Crippen molar-refractivity contribution in [1.29, 1.82) is 0 Å². The first-order valence-corrected chi connectivity index (χ1v) is 22.9. The van der Waals surface area contributed by atoms with Gasteiger partial charge in [0, 0.05) is 29.7 Å². The lowest BCUT2D eigenvalue weighted by atomic mass is 10.2. The molecule has 3 N–H and O–H groups in total. The van der Waals surface area contributed by atoms with E-state index in [4.69, 9.17) is 14.2 Å². The molecule has 1 atom stereocenters. The van der Waals surface area contributed by atoms with E-state index in [1.165, 1.54) is 25.1 Å². The molecule has 0 radical (unpaired) electrons. The Labute approximate surface area is 373 Å². The van der Waals surface area contributed by atoms with Crippen LogP contribution in [0.2, 0.25) is 0 Å². The summed E-state index contributed by atoms with van der Waals surface area (Å²) in [7, 11) is -5.19. The quantitative estimate of drug-likeness (QED) is 0.0837. The molecule has 5 aromatic carbocycles. The molecule has 0 saturated heterocycles. The van der Waals surface area contributed by atoms with Gasteiger partial charge in [-0.1, -0.05) is 66.7 Å². The molecule has 17 nitrogen and oxygen atoms in total. The summed E-state index contributed by atoms with van der Waals surface area (Å²) in [5.41, 5.74) is 2.40. The van der Waals surface area contributed by atoms with E-state index in [0.717, 1.165) is 20.8 Å². The predicted molar refractivity (Wildman–Crippen MR) is 237 cm³/mol. The topological polar surface area (TPSA) is 216 Å². The summed E-state index contributed by atoms with van der Waals surface area (Å²) in [6, 6.07) is 30.5. The molecular weight excluding hydrogens is 954 g/mol. The van der Waals surface area contributed by atoms with E-state index in [9.17, 15) is 23.4 Å². The van der Waals surface area contributed by atoms with Crippen molar-refractivity contribution in [3.8, 4) is 28.6 Å². The summed E-state index contributed by atoms with van der Waals surface area (Å²) in [6.45, 7) is -1.68. The fraction of sp³-hybridized carbons (Fsp3) is 0.238. The summed E-state index contributed by atoms with van der Waals surface area (Å²) in [5, 5.41) is 33.5. The highest BCUT2D eigenvalue weighted by Gasteiger charge is 2.38. The highest BCUT2D eigenvalue weighted by molar-refractivity contribution is 14.1. The number of nitrogens with one attached hydrogen (secondary N) is 1. The zero-order valence-corrected chi connectivity index (χ0v) is 37.6. The molecule has 0 bridgehead atoms. The number of sulfonamides is 2. The third-order valence-electron chi connectivity index (χ3n) is 9.62. The molecule has 6 rings (SSSR count).